The Labute approximate surface area is 167 Å². The standard InChI is InChI=1S/C20H13F5N4O/c1-12-5-3-4-6-13(12)11-29-16(15-10-27-7-8-28-15)9-14(17(26-2)18(29)30)19(21,22)20(23,24)25/h3-10H,11H2,1H3. The largest absolute Gasteiger partial charge is 0.456 e. The molecule has 5 nitrogen and oxygen atoms in total. The summed E-state index contributed by atoms with van der Waals surface area (Å²) in [7, 11) is 0. The fourth-order valence-corrected chi connectivity index (χ4v) is 2.89. The molecule has 0 fully saturated rings. The molecule has 0 N–H and O–H groups in total. The van der Waals surface area contributed by atoms with Gasteiger partial charge in [-0.1, -0.05) is 24.3 Å². The first-order chi connectivity index (χ1) is 14.1. The smallest absolute Gasteiger partial charge is 0.311 e. The van der Waals surface area contributed by atoms with Gasteiger partial charge in [0.15, 0.2) is 0 Å². The zero-order valence-corrected chi connectivity index (χ0v) is 15.4. The van der Waals surface area contributed by atoms with Crippen LogP contribution in [0, 0.1) is 13.5 Å². The second kappa shape index (κ2) is 7.67. The Morgan fingerprint density at radius 1 is 1.13 bits per heavy atom. The molecule has 30 heavy (non-hydrogen) atoms. The van der Waals surface area contributed by atoms with Crippen LogP contribution in [0.25, 0.3) is 16.2 Å². The number of nitrogens with zero attached hydrogens (tertiary/aromatic N) is 4. The minimum absolute atomic E-state index is 0.0843. The Balaban J connectivity index is 2.36. The highest BCUT2D eigenvalue weighted by Gasteiger charge is 2.60. The molecule has 0 aliphatic rings. The van der Waals surface area contributed by atoms with E-state index in [-0.39, 0.29) is 17.9 Å². The van der Waals surface area contributed by atoms with Crippen molar-refractivity contribution >= 4 is 5.69 Å². The van der Waals surface area contributed by atoms with E-state index in [1.807, 2.05) is 0 Å². The van der Waals surface area contributed by atoms with Gasteiger partial charge in [0, 0.05) is 18.0 Å². The molecular weight excluding hydrogens is 407 g/mol. The molecule has 0 radical (unpaired) electrons. The lowest BCUT2D eigenvalue weighted by molar-refractivity contribution is -0.289. The van der Waals surface area contributed by atoms with Gasteiger partial charge in [0.1, 0.15) is 5.69 Å². The van der Waals surface area contributed by atoms with Crippen molar-refractivity contribution in [2.45, 2.75) is 25.6 Å². The average Bonchev–Trinajstić information content (AvgIpc) is 2.70. The molecule has 0 amide bonds. The molecule has 1 aromatic carbocycles. The minimum Gasteiger partial charge on any atom is -0.311 e. The van der Waals surface area contributed by atoms with Gasteiger partial charge in [0.25, 0.3) is 11.2 Å². The molecule has 0 saturated heterocycles. The lowest BCUT2D eigenvalue weighted by Gasteiger charge is -2.23. The Morgan fingerprint density at radius 3 is 2.40 bits per heavy atom. The van der Waals surface area contributed by atoms with E-state index in [9.17, 15) is 26.7 Å². The van der Waals surface area contributed by atoms with Gasteiger partial charge in [-0.15, -0.1) is 0 Å². The maximum Gasteiger partial charge on any atom is 0.456 e. The average molecular weight is 420 g/mol. The van der Waals surface area contributed by atoms with Crippen molar-refractivity contribution in [3.05, 3.63) is 87.4 Å². The molecule has 2 heterocycles. The Hall–Kier alpha value is -3.61. The summed E-state index contributed by atoms with van der Waals surface area (Å²) in [4.78, 5) is 23.3. The molecular formula is C20H13F5N4O. The van der Waals surface area contributed by atoms with Gasteiger partial charge < -0.3 is 4.57 Å². The van der Waals surface area contributed by atoms with E-state index < -0.39 is 28.9 Å². The first kappa shape index (κ1) is 21.1. The highest BCUT2D eigenvalue weighted by atomic mass is 19.4. The van der Waals surface area contributed by atoms with Crippen molar-refractivity contribution in [3.8, 4) is 11.4 Å². The van der Waals surface area contributed by atoms with Crippen LogP contribution in [0.4, 0.5) is 27.6 Å². The van der Waals surface area contributed by atoms with E-state index >= 15 is 0 Å². The van der Waals surface area contributed by atoms with Crippen LogP contribution in [0.1, 0.15) is 16.7 Å². The van der Waals surface area contributed by atoms with E-state index in [2.05, 4.69) is 14.8 Å². The van der Waals surface area contributed by atoms with Crippen LogP contribution < -0.4 is 5.56 Å². The summed E-state index contributed by atoms with van der Waals surface area (Å²) in [6.45, 7) is 8.69. The summed E-state index contributed by atoms with van der Waals surface area (Å²) in [5.74, 6) is -5.40. The van der Waals surface area contributed by atoms with Crippen LogP contribution in [0.5, 0.6) is 0 Å². The molecule has 3 rings (SSSR count). The van der Waals surface area contributed by atoms with Gasteiger partial charge >= 0.3 is 12.1 Å². The topological polar surface area (TPSA) is 52.1 Å². The quantitative estimate of drug-likeness (QED) is 0.447. The molecule has 10 heteroatoms. The number of rotatable bonds is 4. The predicted molar refractivity (Wildman–Crippen MR) is 98.2 cm³/mol. The number of aromatic nitrogens is 3. The molecule has 0 aliphatic heterocycles. The van der Waals surface area contributed by atoms with Crippen molar-refractivity contribution in [2.24, 2.45) is 0 Å². The summed E-state index contributed by atoms with van der Waals surface area (Å²) in [6.07, 6.45) is -2.36. The fourth-order valence-electron chi connectivity index (χ4n) is 2.89. The third kappa shape index (κ3) is 3.66. The number of halogens is 5. The fraction of sp³-hybridized carbons (Fsp3) is 0.200. The SMILES string of the molecule is [C-]#[N+]c1c(C(F)(F)C(F)(F)F)cc(-c2cnccn2)n(Cc2ccccc2C)c1=O. The van der Waals surface area contributed by atoms with Crippen molar-refractivity contribution in [3.63, 3.8) is 0 Å². The monoisotopic (exact) mass is 420 g/mol. The van der Waals surface area contributed by atoms with Crippen molar-refractivity contribution in [1.29, 1.82) is 0 Å². The van der Waals surface area contributed by atoms with Crippen molar-refractivity contribution in [1.82, 2.24) is 14.5 Å². The third-order valence-corrected chi connectivity index (χ3v) is 4.50. The third-order valence-electron chi connectivity index (χ3n) is 4.50. The summed E-state index contributed by atoms with van der Waals surface area (Å²) >= 11 is 0. The molecule has 154 valence electrons. The molecule has 0 aliphatic carbocycles. The zero-order chi connectivity index (χ0) is 22.1. The number of aryl methyl sites for hydroxylation is 1. The lowest BCUT2D eigenvalue weighted by Crippen LogP contribution is -2.36. The molecule has 0 spiro atoms. The van der Waals surface area contributed by atoms with Crippen LogP contribution in [0.2, 0.25) is 0 Å². The van der Waals surface area contributed by atoms with Crippen molar-refractivity contribution < 1.29 is 22.0 Å². The number of hydrogen-bond donors (Lipinski definition) is 0. The first-order valence-electron chi connectivity index (χ1n) is 8.49. The lowest BCUT2D eigenvalue weighted by atomic mass is 10.0. The van der Waals surface area contributed by atoms with E-state index in [1.165, 1.54) is 12.4 Å². The Morgan fingerprint density at radius 2 is 1.83 bits per heavy atom. The van der Waals surface area contributed by atoms with Crippen LogP contribution in [0.3, 0.4) is 0 Å². The molecule has 0 atom stereocenters. The number of alkyl halides is 5. The molecule has 3 aromatic rings. The maximum absolute atomic E-state index is 14.2. The van der Waals surface area contributed by atoms with Gasteiger partial charge in [-0.05, 0) is 24.1 Å². The maximum atomic E-state index is 14.2. The van der Waals surface area contributed by atoms with E-state index in [0.717, 1.165) is 16.3 Å². The van der Waals surface area contributed by atoms with Crippen LogP contribution in [-0.4, -0.2) is 20.7 Å². The summed E-state index contributed by atoms with van der Waals surface area (Å²) in [5, 5.41) is 0. The summed E-state index contributed by atoms with van der Waals surface area (Å²) in [5.41, 5.74) is -3.27. The van der Waals surface area contributed by atoms with Gasteiger partial charge in [-0.2, -0.15) is 22.0 Å². The highest BCUT2D eigenvalue weighted by Crippen LogP contribution is 2.47. The summed E-state index contributed by atoms with van der Waals surface area (Å²) < 4.78 is 68.3. The van der Waals surface area contributed by atoms with E-state index in [4.69, 9.17) is 6.57 Å². The van der Waals surface area contributed by atoms with Crippen LogP contribution >= 0.6 is 0 Å². The van der Waals surface area contributed by atoms with Gasteiger partial charge in [-0.25, -0.2) is 4.85 Å². The van der Waals surface area contributed by atoms with Gasteiger partial charge in [0.05, 0.1) is 25.0 Å². The van der Waals surface area contributed by atoms with Crippen LogP contribution in [-0.2, 0) is 12.5 Å². The van der Waals surface area contributed by atoms with E-state index in [1.54, 1.807) is 31.2 Å². The molecule has 0 unspecified atom stereocenters. The second-order valence-electron chi connectivity index (χ2n) is 6.38. The number of hydrogen-bond acceptors (Lipinski definition) is 3. The Bertz CT molecular complexity index is 1180. The molecule has 0 saturated carbocycles. The number of benzene rings is 1. The Kier molecular flexibility index (Phi) is 5.39. The zero-order valence-electron chi connectivity index (χ0n) is 15.4. The first-order valence-corrected chi connectivity index (χ1v) is 8.49. The van der Waals surface area contributed by atoms with Gasteiger partial charge in [-0.3, -0.25) is 14.8 Å². The molecule has 0 bridgehead atoms. The molecule has 2 aromatic heterocycles. The van der Waals surface area contributed by atoms with Gasteiger partial charge in [0.2, 0.25) is 0 Å². The van der Waals surface area contributed by atoms with Crippen LogP contribution in [0.15, 0.2) is 53.7 Å². The van der Waals surface area contributed by atoms with Crippen molar-refractivity contribution in [2.75, 3.05) is 0 Å². The predicted octanol–water partition coefficient (Wildman–Crippen LogP) is 4.87. The highest BCUT2D eigenvalue weighted by molar-refractivity contribution is 5.63. The normalized spacial score (nSPS) is 11.9. The summed E-state index contributed by atoms with van der Waals surface area (Å²) in [6, 6.07) is 7.37. The van der Waals surface area contributed by atoms with E-state index in [0.29, 0.717) is 11.6 Å². The second-order valence-corrected chi connectivity index (χ2v) is 6.38. The number of pyridine rings is 1. The minimum atomic E-state index is -5.99.